The third kappa shape index (κ3) is 173. The Bertz CT molecular complexity index is 340. The smallest absolute Gasteiger partial charge is 0.0533 e. The fraction of sp³-hybridized carbons (Fsp3) is 1.00. The molecule has 342 valence electrons. The molecule has 0 rings (SSSR count). The second kappa shape index (κ2) is 111. The van der Waals surface area contributed by atoms with Crippen molar-refractivity contribution in [1.82, 2.24) is 0 Å². The Balaban J connectivity index is -0.0000000621. The molecule has 0 saturated heterocycles. The average Bonchev–Trinajstić information content (AvgIpc) is 3.20. The van der Waals surface area contributed by atoms with Crippen molar-refractivity contribution in [3.8, 4) is 0 Å². The normalized spacial score (nSPS) is 9.00. The van der Waals surface area contributed by atoms with Gasteiger partial charge in [0.25, 0.3) is 0 Å². The van der Waals surface area contributed by atoms with Crippen molar-refractivity contribution in [2.24, 2.45) is 0 Å². The van der Waals surface area contributed by atoms with E-state index in [1.807, 2.05) is 13.8 Å². The molecule has 0 aromatic heterocycles. The zero-order valence-corrected chi connectivity index (χ0v) is 43.5. The van der Waals surface area contributed by atoms with Crippen LogP contribution >= 0.6 is 0 Å². The van der Waals surface area contributed by atoms with Crippen LogP contribution in [0.15, 0.2) is 0 Å². The summed E-state index contributed by atoms with van der Waals surface area (Å²) in [6, 6.07) is 0. The minimum Gasteiger partial charge on any atom is -0.0683 e. The van der Waals surface area contributed by atoms with Crippen LogP contribution < -0.4 is 0 Å². The Morgan fingerprint density at radius 1 is 0.130 bits per heavy atom. The van der Waals surface area contributed by atoms with Crippen LogP contribution in [0.25, 0.3) is 0 Å². The Kier molecular flexibility index (Phi) is 153. The zero-order valence-electron chi connectivity index (χ0n) is 43.5. The Labute approximate surface area is 354 Å². The quantitative estimate of drug-likeness (QED) is 0.0695. The second-order valence-electron chi connectivity index (χ2n) is 15.1. The number of rotatable bonds is 28. The van der Waals surface area contributed by atoms with Gasteiger partial charge in [-0.2, -0.15) is 0 Å². The highest BCUT2D eigenvalue weighted by Gasteiger charge is 1.88. The lowest BCUT2D eigenvalue weighted by Gasteiger charge is -1.97. The third-order valence-corrected chi connectivity index (χ3v) is 8.49. The summed E-state index contributed by atoms with van der Waals surface area (Å²) in [5.41, 5.74) is 0. The molecule has 54 heavy (non-hydrogen) atoms. The topological polar surface area (TPSA) is 0 Å². The van der Waals surface area contributed by atoms with Gasteiger partial charge in [0.15, 0.2) is 0 Å². The van der Waals surface area contributed by atoms with Crippen molar-refractivity contribution in [1.29, 1.82) is 0 Å². The van der Waals surface area contributed by atoms with Gasteiger partial charge in [0, 0.05) is 0 Å². The Morgan fingerprint density at radius 3 is 0.315 bits per heavy atom. The monoisotopic (exact) mass is 775 g/mol. The summed E-state index contributed by atoms with van der Waals surface area (Å²) in [4.78, 5) is 0. The third-order valence-electron chi connectivity index (χ3n) is 8.49. The van der Waals surface area contributed by atoms with Crippen molar-refractivity contribution >= 4 is 0 Å². The Morgan fingerprint density at radius 2 is 0.222 bits per heavy atom. The summed E-state index contributed by atoms with van der Waals surface area (Å²) in [7, 11) is 0. The van der Waals surface area contributed by atoms with E-state index in [9.17, 15) is 0 Å². The predicted molar refractivity (Wildman–Crippen MR) is 268 cm³/mol. The summed E-state index contributed by atoms with van der Waals surface area (Å²) in [6.45, 7) is 39.6. The molecule has 0 bridgehead atoms. The van der Waals surface area contributed by atoms with Crippen LogP contribution in [0.1, 0.15) is 356 Å². The lowest BCUT2D eigenvalue weighted by molar-refractivity contribution is 0.585. The standard InChI is InChI=1S/C10H22.C9H20.C8H18.C7H16.C6H14.C5H12.C4H10.C3H8.C2H6/c1-3-5-7-9-10-8-6-4-2;1-3-5-7-9-8-6-4-2;1-3-5-7-8-6-4-2;1-3-5-7-6-4-2;1-3-5-6-4-2;1-3-5-4-2;1-3-4-2;1-3-2;1-2/h3-10H2,1-2H3;3-9H2,1-2H3;3-8H2,1-2H3;3-7H2,1-2H3;3-6H2,1-2H3;3-5H2,1-2H3;3-4H2,1-2H3;3H2,1-2H3;1-2H3. The molecule has 0 N–H and O–H groups in total. The van der Waals surface area contributed by atoms with Crippen molar-refractivity contribution < 1.29 is 0 Å². The van der Waals surface area contributed by atoms with Crippen molar-refractivity contribution in [2.75, 3.05) is 0 Å². The summed E-state index contributed by atoms with van der Waals surface area (Å²) >= 11 is 0. The van der Waals surface area contributed by atoms with Gasteiger partial charge in [-0.05, 0) is 0 Å². The molecular formula is C54H126. The van der Waals surface area contributed by atoms with Crippen LogP contribution in [0.3, 0.4) is 0 Å². The van der Waals surface area contributed by atoms with E-state index in [4.69, 9.17) is 0 Å². The lowest BCUT2D eigenvalue weighted by Crippen LogP contribution is -1.77. The molecule has 0 amide bonds. The minimum atomic E-state index is 1.25. The van der Waals surface area contributed by atoms with Crippen LogP contribution in [0.5, 0.6) is 0 Å². The molecule has 0 aliphatic heterocycles. The van der Waals surface area contributed by atoms with E-state index in [0.717, 1.165) is 0 Å². The first-order chi connectivity index (χ1) is 26.3. The highest BCUT2D eigenvalue weighted by molar-refractivity contribution is 4.44. The van der Waals surface area contributed by atoms with Gasteiger partial charge in [-0.25, -0.2) is 0 Å². The largest absolute Gasteiger partial charge is 0.0683 e. The zero-order chi connectivity index (χ0) is 43.5. The van der Waals surface area contributed by atoms with Gasteiger partial charge in [-0.3, -0.25) is 0 Å². The molecule has 0 heteroatoms. The maximum atomic E-state index is 2.27. The van der Waals surface area contributed by atoms with E-state index in [-0.39, 0.29) is 0 Å². The van der Waals surface area contributed by atoms with Gasteiger partial charge in [0.1, 0.15) is 0 Å². The molecule has 0 atom stereocenters. The molecule has 0 spiro atoms. The van der Waals surface area contributed by atoms with Crippen LogP contribution in [-0.2, 0) is 0 Å². The molecule has 0 aliphatic carbocycles. The van der Waals surface area contributed by atoms with Gasteiger partial charge in [0.2, 0.25) is 0 Å². The van der Waals surface area contributed by atoms with Gasteiger partial charge >= 0.3 is 0 Å². The van der Waals surface area contributed by atoms with Gasteiger partial charge in [0.05, 0.1) is 0 Å². The summed E-state index contributed by atoms with van der Waals surface area (Å²) in [5, 5.41) is 0. The minimum absolute atomic E-state index is 1.25. The molecule has 0 aliphatic rings. The fourth-order valence-corrected chi connectivity index (χ4v) is 4.62. The molecule has 0 nitrogen and oxygen atoms in total. The van der Waals surface area contributed by atoms with Crippen molar-refractivity contribution in [3.63, 3.8) is 0 Å². The molecular weight excluding hydrogens is 649 g/mol. The molecule has 0 aromatic rings. The van der Waals surface area contributed by atoms with Crippen LogP contribution in [0.2, 0.25) is 0 Å². The Hall–Kier alpha value is 0. The highest BCUT2D eigenvalue weighted by atomic mass is 13.9. The lowest BCUT2D eigenvalue weighted by atomic mass is 10.1. The maximum Gasteiger partial charge on any atom is -0.0533 e. The SMILES string of the molecule is CC.CCC.CCCC.CCCCC.CCCCCC.CCCCCCC.CCCCCCCC.CCCCCCCCC.CCCCCCCCCC. The maximum absolute atomic E-state index is 2.27. The molecule has 0 heterocycles. The summed E-state index contributed by atoms with van der Waals surface area (Å²) in [5.74, 6) is 0. The average molecular weight is 776 g/mol. The molecule has 0 saturated carbocycles. The molecule has 0 unspecified atom stereocenters. The first-order valence-electron chi connectivity index (χ1n) is 26.3. The molecule has 0 radical (unpaired) electrons. The summed E-state index contributed by atoms with van der Waals surface area (Å²) < 4.78 is 0. The van der Waals surface area contributed by atoms with E-state index in [1.54, 1.807) is 0 Å². The van der Waals surface area contributed by atoms with E-state index < -0.39 is 0 Å². The molecule has 0 fully saturated rings. The van der Waals surface area contributed by atoms with E-state index in [1.165, 1.54) is 231 Å². The summed E-state index contributed by atoms with van der Waals surface area (Å²) in [6.07, 6.45) is 50.4. The number of hydrogen-bond acceptors (Lipinski definition) is 0. The fourth-order valence-electron chi connectivity index (χ4n) is 4.62. The first kappa shape index (κ1) is 74.9. The first-order valence-corrected chi connectivity index (χ1v) is 26.3. The highest BCUT2D eigenvalue weighted by Crippen LogP contribution is 2.08. The van der Waals surface area contributed by atoms with Crippen molar-refractivity contribution in [2.45, 2.75) is 356 Å². The number of hydrogen-bond donors (Lipinski definition) is 0. The van der Waals surface area contributed by atoms with Gasteiger partial charge in [-0.15, -0.1) is 0 Å². The van der Waals surface area contributed by atoms with Gasteiger partial charge < -0.3 is 0 Å². The van der Waals surface area contributed by atoms with Crippen LogP contribution in [0.4, 0.5) is 0 Å². The van der Waals surface area contributed by atoms with E-state index >= 15 is 0 Å². The van der Waals surface area contributed by atoms with Crippen LogP contribution in [0, 0.1) is 0 Å². The van der Waals surface area contributed by atoms with Crippen molar-refractivity contribution in [3.05, 3.63) is 0 Å². The second-order valence-corrected chi connectivity index (χ2v) is 15.1. The van der Waals surface area contributed by atoms with Gasteiger partial charge in [-0.1, -0.05) is 356 Å². The van der Waals surface area contributed by atoms with Crippen LogP contribution in [-0.4, -0.2) is 0 Å². The predicted octanol–water partition coefficient (Wildman–Crippen LogP) is 23.3. The number of unbranched alkanes of at least 4 members (excludes halogenated alkanes) is 28. The molecule has 0 aromatic carbocycles. The van der Waals surface area contributed by atoms with E-state index in [2.05, 4.69) is 111 Å². The van der Waals surface area contributed by atoms with E-state index in [0.29, 0.717) is 0 Å².